The van der Waals surface area contributed by atoms with Gasteiger partial charge < -0.3 is 4.52 Å². The van der Waals surface area contributed by atoms with E-state index in [1.807, 2.05) is 61.5 Å². The average molecular weight is 270 g/mol. The summed E-state index contributed by atoms with van der Waals surface area (Å²) in [5, 5.41) is 4.90. The Labute approximate surface area is 116 Å². The Morgan fingerprint density at radius 3 is 2.26 bits per heavy atom. The molecule has 94 valence electrons. The number of aryl methyl sites for hydroxylation is 1. The molecule has 1 aromatic heterocycles. The number of nitrogens with zero attached hydrogens (tertiary/aromatic N) is 1. The molecule has 0 atom stereocenters. The first-order chi connectivity index (χ1) is 9.25. The minimum atomic E-state index is 0.721. The highest BCUT2D eigenvalue weighted by Crippen LogP contribution is 2.34. The third-order valence-electron chi connectivity index (χ3n) is 3.04. The summed E-state index contributed by atoms with van der Waals surface area (Å²) in [6, 6.07) is 17.7. The maximum Gasteiger partial charge on any atom is 0.142 e. The van der Waals surface area contributed by atoms with Gasteiger partial charge in [0.1, 0.15) is 11.5 Å². The van der Waals surface area contributed by atoms with Crippen molar-refractivity contribution in [2.45, 2.75) is 6.92 Å². The van der Waals surface area contributed by atoms with Gasteiger partial charge in [0.2, 0.25) is 0 Å². The second-order valence-electron chi connectivity index (χ2n) is 4.34. The predicted octanol–water partition coefficient (Wildman–Crippen LogP) is 4.97. The molecular weight excluding hydrogens is 258 g/mol. The molecule has 0 aliphatic carbocycles. The molecule has 3 aromatic rings. The van der Waals surface area contributed by atoms with Crippen LogP contribution in [0.5, 0.6) is 0 Å². The second kappa shape index (κ2) is 4.90. The van der Waals surface area contributed by atoms with Crippen LogP contribution in [0.1, 0.15) is 5.76 Å². The van der Waals surface area contributed by atoms with Gasteiger partial charge in [-0.15, -0.1) is 0 Å². The van der Waals surface area contributed by atoms with Crippen LogP contribution < -0.4 is 0 Å². The molecule has 0 bridgehead atoms. The molecule has 2 aromatic carbocycles. The van der Waals surface area contributed by atoms with Crippen LogP contribution in [0, 0.1) is 6.92 Å². The summed E-state index contributed by atoms with van der Waals surface area (Å²) in [4.78, 5) is 0. The Hall–Kier alpha value is -2.06. The monoisotopic (exact) mass is 269 g/mol. The Bertz CT molecular complexity index is 687. The van der Waals surface area contributed by atoms with Crippen LogP contribution in [-0.2, 0) is 0 Å². The SMILES string of the molecule is Cc1onc(-c2ccccc2)c1-c1ccc(Cl)cc1. The number of rotatable bonds is 2. The van der Waals surface area contributed by atoms with Gasteiger partial charge in [-0.3, -0.25) is 0 Å². The highest BCUT2D eigenvalue weighted by Gasteiger charge is 2.16. The third-order valence-corrected chi connectivity index (χ3v) is 3.29. The van der Waals surface area contributed by atoms with Crippen molar-refractivity contribution in [3.05, 3.63) is 65.4 Å². The van der Waals surface area contributed by atoms with E-state index in [4.69, 9.17) is 16.1 Å². The minimum Gasteiger partial charge on any atom is -0.360 e. The van der Waals surface area contributed by atoms with Crippen molar-refractivity contribution < 1.29 is 4.52 Å². The van der Waals surface area contributed by atoms with Gasteiger partial charge in [-0.2, -0.15) is 0 Å². The van der Waals surface area contributed by atoms with E-state index in [0.717, 1.165) is 33.2 Å². The highest BCUT2D eigenvalue weighted by atomic mass is 35.5. The van der Waals surface area contributed by atoms with E-state index in [-0.39, 0.29) is 0 Å². The zero-order valence-electron chi connectivity index (χ0n) is 10.4. The van der Waals surface area contributed by atoms with Crippen LogP contribution >= 0.6 is 11.6 Å². The zero-order chi connectivity index (χ0) is 13.2. The highest BCUT2D eigenvalue weighted by molar-refractivity contribution is 6.30. The minimum absolute atomic E-state index is 0.721. The third kappa shape index (κ3) is 2.27. The summed E-state index contributed by atoms with van der Waals surface area (Å²) in [5.74, 6) is 0.807. The van der Waals surface area contributed by atoms with Crippen LogP contribution in [0.25, 0.3) is 22.4 Å². The van der Waals surface area contributed by atoms with Crippen LogP contribution in [0.15, 0.2) is 59.1 Å². The smallest absolute Gasteiger partial charge is 0.142 e. The van der Waals surface area contributed by atoms with Crippen LogP contribution in [0.2, 0.25) is 5.02 Å². The molecule has 3 heteroatoms. The molecule has 0 aliphatic heterocycles. The number of benzene rings is 2. The second-order valence-corrected chi connectivity index (χ2v) is 4.77. The van der Waals surface area contributed by atoms with Crippen molar-refractivity contribution in [3.8, 4) is 22.4 Å². The quantitative estimate of drug-likeness (QED) is 0.656. The molecule has 0 saturated heterocycles. The molecule has 0 spiro atoms. The average Bonchev–Trinajstić information content (AvgIpc) is 2.83. The fourth-order valence-corrected chi connectivity index (χ4v) is 2.25. The van der Waals surface area contributed by atoms with E-state index in [0.29, 0.717) is 0 Å². The Kier molecular flexibility index (Phi) is 3.10. The van der Waals surface area contributed by atoms with E-state index < -0.39 is 0 Å². The first-order valence-electron chi connectivity index (χ1n) is 6.03. The molecule has 0 fully saturated rings. The van der Waals surface area contributed by atoms with Crippen LogP contribution in [-0.4, -0.2) is 5.16 Å². The summed E-state index contributed by atoms with van der Waals surface area (Å²) in [6.45, 7) is 1.92. The maximum atomic E-state index is 5.93. The molecule has 19 heavy (non-hydrogen) atoms. The van der Waals surface area contributed by atoms with Crippen LogP contribution in [0.4, 0.5) is 0 Å². The lowest BCUT2D eigenvalue weighted by Crippen LogP contribution is -1.83. The van der Waals surface area contributed by atoms with Gasteiger partial charge >= 0.3 is 0 Å². The van der Waals surface area contributed by atoms with Crippen LogP contribution in [0.3, 0.4) is 0 Å². The van der Waals surface area contributed by atoms with E-state index >= 15 is 0 Å². The molecule has 0 aliphatic rings. The normalized spacial score (nSPS) is 10.6. The van der Waals surface area contributed by atoms with E-state index in [1.54, 1.807) is 0 Å². The van der Waals surface area contributed by atoms with Crippen molar-refractivity contribution in [1.82, 2.24) is 5.16 Å². The maximum absolute atomic E-state index is 5.93. The van der Waals surface area contributed by atoms with E-state index in [1.165, 1.54) is 0 Å². The summed E-state index contributed by atoms with van der Waals surface area (Å²) in [6.07, 6.45) is 0. The van der Waals surface area contributed by atoms with Crippen molar-refractivity contribution in [2.75, 3.05) is 0 Å². The Balaban J connectivity index is 2.17. The number of hydrogen-bond acceptors (Lipinski definition) is 2. The lowest BCUT2D eigenvalue weighted by molar-refractivity contribution is 0.400. The topological polar surface area (TPSA) is 26.0 Å². The molecule has 2 nitrogen and oxygen atoms in total. The first-order valence-corrected chi connectivity index (χ1v) is 6.41. The zero-order valence-corrected chi connectivity index (χ0v) is 11.2. The van der Waals surface area contributed by atoms with Gasteiger partial charge in [0.15, 0.2) is 0 Å². The first kappa shape index (κ1) is 12.0. The van der Waals surface area contributed by atoms with Gasteiger partial charge in [0, 0.05) is 10.6 Å². The molecule has 0 amide bonds. The fraction of sp³-hybridized carbons (Fsp3) is 0.0625. The Morgan fingerprint density at radius 2 is 1.58 bits per heavy atom. The summed E-state index contributed by atoms with van der Waals surface area (Å²) >= 11 is 5.93. The largest absolute Gasteiger partial charge is 0.360 e. The number of aromatic nitrogens is 1. The van der Waals surface area contributed by atoms with Gasteiger partial charge in [0.05, 0.1) is 5.56 Å². The number of hydrogen-bond donors (Lipinski definition) is 0. The van der Waals surface area contributed by atoms with Crippen molar-refractivity contribution in [2.24, 2.45) is 0 Å². The Morgan fingerprint density at radius 1 is 0.895 bits per heavy atom. The number of halogens is 1. The molecule has 0 unspecified atom stereocenters. The summed E-state index contributed by atoms with van der Waals surface area (Å²) < 4.78 is 5.35. The fourth-order valence-electron chi connectivity index (χ4n) is 2.12. The molecule has 0 radical (unpaired) electrons. The van der Waals surface area contributed by atoms with E-state index in [2.05, 4.69) is 5.16 Å². The summed E-state index contributed by atoms with van der Waals surface area (Å²) in [7, 11) is 0. The van der Waals surface area contributed by atoms with Gasteiger partial charge in [-0.1, -0.05) is 59.2 Å². The van der Waals surface area contributed by atoms with Crippen molar-refractivity contribution in [1.29, 1.82) is 0 Å². The molecular formula is C16H12ClNO. The lowest BCUT2D eigenvalue weighted by Gasteiger charge is -2.03. The molecule has 0 saturated carbocycles. The molecule has 0 N–H and O–H groups in total. The molecule has 1 heterocycles. The van der Waals surface area contributed by atoms with Crippen molar-refractivity contribution in [3.63, 3.8) is 0 Å². The van der Waals surface area contributed by atoms with Gasteiger partial charge in [-0.25, -0.2) is 0 Å². The molecule has 3 rings (SSSR count). The summed E-state index contributed by atoms with van der Waals surface area (Å²) in [5.41, 5.74) is 3.98. The van der Waals surface area contributed by atoms with Gasteiger partial charge in [0.25, 0.3) is 0 Å². The van der Waals surface area contributed by atoms with E-state index in [9.17, 15) is 0 Å². The van der Waals surface area contributed by atoms with Crippen molar-refractivity contribution >= 4 is 11.6 Å². The predicted molar refractivity (Wildman–Crippen MR) is 77.1 cm³/mol. The van der Waals surface area contributed by atoms with Gasteiger partial charge in [-0.05, 0) is 24.6 Å². The lowest BCUT2D eigenvalue weighted by atomic mass is 10.00. The standard InChI is InChI=1S/C16H12ClNO/c1-11-15(12-7-9-14(17)10-8-12)16(18-19-11)13-5-3-2-4-6-13/h2-10H,1H3.